The lowest BCUT2D eigenvalue weighted by Crippen LogP contribution is -2.16. The maximum Gasteiger partial charge on any atom is 0.0385 e. The van der Waals surface area contributed by atoms with E-state index in [0.717, 1.165) is 5.92 Å². The first-order valence-corrected chi connectivity index (χ1v) is 6.15. The molecule has 0 aliphatic rings. The van der Waals surface area contributed by atoms with Crippen LogP contribution in [0.3, 0.4) is 0 Å². The molecule has 0 spiro atoms. The number of nitrogens with zero attached hydrogens (tertiary/aromatic N) is 1. The Balaban J connectivity index is 4.68. The van der Waals surface area contributed by atoms with Gasteiger partial charge in [0.05, 0.1) is 0 Å². The first-order valence-electron chi connectivity index (χ1n) is 6.15. The van der Waals surface area contributed by atoms with Crippen LogP contribution >= 0.6 is 0 Å². The van der Waals surface area contributed by atoms with Crippen LogP contribution < -0.4 is 0 Å². The summed E-state index contributed by atoms with van der Waals surface area (Å²) in [6, 6.07) is 0. The molecular weight excluding hydrogens is 182 g/mol. The molecule has 0 N–H and O–H groups in total. The third-order valence-electron chi connectivity index (χ3n) is 3.35. The maximum absolute atomic E-state index is 4.74. The minimum Gasteiger partial charge on any atom is -0.262 e. The lowest BCUT2D eigenvalue weighted by Gasteiger charge is -2.19. The zero-order valence-corrected chi connectivity index (χ0v) is 11.5. The Morgan fingerprint density at radius 2 is 1.73 bits per heavy atom. The van der Waals surface area contributed by atoms with Crippen LogP contribution in [0.1, 0.15) is 54.9 Å². The first-order chi connectivity index (χ1) is 6.93. The van der Waals surface area contributed by atoms with Crippen molar-refractivity contribution in [3.05, 3.63) is 11.8 Å². The molecular formula is C14H27N. The van der Waals surface area contributed by atoms with Gasteiger partial charge in [0.25, 0.3) is 0 Å². The van der Waals surface area contributed by atoms with Gasteiger partial charge in [-0.15, -0.1) is 0 Å². The molecule has 1 nitrogen and oxygen atoms in total. The van der Waals surface area contributed by atoms with Crippen molar-refractivity contribution in [2.45, 2.75) is 54.9 Å². The Labute approximate surface area is 95.7 Å². The fourth-order valence-electron chi connectivity index (χ4n) is 1.60. The highest BCUT2D eigenvalue weighted by Gasteiger charge is 2.13. The van der Waals surface area contributed by atoms with Crippen molar-refractivity contribution in [2.24, 2.45) is 22.7 Å². The highest BCUT2D eigenvalue weighted by molar-refractivity contribution is 5.85. The van der Waals surface area contributed by atoms with Crippen LogP contribution in [0.2, 0.25) is 0 Å². The molecule has 2 atom stereocenters. The van der Waals surface area contributed by atoms with Crippen LogP contribution in [0.5, 0.6) is 0 Å². The minimum atomic E-state index is 0.522. The molecule has 0 fully saturated rings. The molecule has 0 aromatic carbocycles. The molecule has 2 unspecified atom stereocenters. The second-order valence-electron chi connectivity index (χ2n) is 4.80. The number of hydrogen-bond acceptors (Lipinski definition) is 1. The summed E-state index contributed by atoms with van der Waals surface area (Å²) >= 11 is 0. The molecule has 0 saturated carbocycles. The standard InChI is InChI=1S/C14H27N/c1-8-11(5)12(6)13(7)15-14(9-2)10(3)4/h9-12H,8H2,1-7H3/b14-9-,15-13+. The molecule has 0 aliphatic carbocycles. The largest absolute Gasteiger partial charge is 0.262 e. The summed E-state index contributed by atoms with van der Waals surface area (Å²) in [6.45, 7) is 15.4. The van der Waals surface area contributed by atoms with E-state index in [-0.39, 0.29) is 0 Å². The van der Waals surface area contributed by atoms with E-state index in [0.29, 0.717) is 11.8 Å². The van der Waals surface area contributed by atoms with Gasteiger partial charge in [-0.3, -0.25) is 4.99 Å². The number of rotatable bonds is 5. The monoisotopic (exact) mass is 209 g/mol. The summed E-state index contributed by atoms with van der Waals surface area (Å²) in [5.74, 6) is 1.83. The van der Waals surface area contributed by atoms with Gasteiger partial charge in [-0.25, -0.2) is 0 Å². The minimum absolute atomic E-state index is 0.522. The van der Waals surface area contributed by atoms with E-state index >= 15 is 0 Å². The van der Waals surface area contributed by atoms with Gasteiger partial charge in [0.15, 0.2) is 0 Å². The fourth-order valence-corrected chi connectivity index (χ4v) is 1.60. The molecule has 1 heteroatoms. The molecule has 15 heavy (non-hydrogen) atoms. The van der Waals surface area contributed by atoms with Crippen LogP contribution in [-0.2, 0) is 0 Å². The SMILES string of the molecule is C/C=C(\N=C(/C)C(C)C(C)CC)C(C)C. The van der Waals surface area contributed by atoms with Crippen LogP contribution in [-0.4, -0.2) is 5.71 Å². The Hall–Kier alpha value is -0.590. The highest BCUT2D eigenvalue weighted by Crippen LogP contribution is 2.19. The van der Waals surface area contributed by atoms with Crippen molar-refractivity contribution in [2.75, 3.05) is 0 Å². The molecule has 0 aliphatic heterocycles. The van der Waals surface area contributed by atoms with Gasteiger partial charge in [0.1, 0.15) is 0 Å². The summed E-state index contributed by atoms with van der Waals surface area (Å²) in [4.78, 5) is 4.74. The van der Waals surface area contributed by atoms with Crippen LogP contribution in [0.25, 0.3) is 0 Å². The third kappa shape index (κ3) is 4.63. The molecule has 0 aromatic rings. The lowest BCUT2D eigenvalue weighted by molar-refractivity contribution is 0.467. The van der Waals surface area contributed by atoms with Gasteiger partial charge in [-0.2, -0.15) is 0 Å². The second-order valence-corrected chi connectivity index (χ2v) is 4.80. The predicted octanol–water partition coefficient (Wildman–Crippen LogP) is 4.69. The molecule has 0 radical (unpaired) electrons. The number of aliphatic imine (C=N–C) groups is 1. The van der Waals surface area contributed by atoms with E-state index in [1.807, 2.05) is 0 Å². The van der Waals surface area contributed by atoms with E-state index in [2.05, 4.69) is 54.5 Å². The Morgan fingerprint density at radius 1 is 1.20 bits per heavy atom. The smallest absolute Gasteiger partial charge is 0.0385 e. The number of allylic oxidation sites excluding steroid dienone is 2. The normalized spacial score (nSPS) is 18.1. The number of hydrogen-bond donors (Lipinski definition) is 0. The average Bonchev–Trinajstić information content (AvgIpc) is 2.22. The Kier molecular flexibility index (Phi) is 6.55. The molecule has 0 rings (SSSR count). The molecule has 0 amide bonds. The van der Waals surface area contributed by atoms with E-state index in [4.69, 9.17) is 4.99 Å². The molecule has 0 bridgehead atoms. The summed E-state index contributed by atoms with van der Waals surface area (Å²) in [7, 11) is 0. The topological polar surface area (TPSA) is 12.4 Å². The zero-order valence-electron chi connectivity index (χ0n) is 11.5. The summed E-state index contributed by atoms with van der Waals surface area (Å²) in [5.41, 5.74) is 2.48. The zero-order chi connectivity index (χ0) is 12.0. The first kappa shape index (κ1) is 14.4. The van der Waals surface area contributed by atoms with Crippen molar-refractivity contribution in [1.29, 1.82) is 0 Å². The van der Waals surface area contributed by atoms with Crippen molar-refractivity contribution in [1.82, 2.24) is 0 Å². The fraction of sp³-hybridized carbons (Fsp3) is 0.786. The van der Waals surface area contributed by atoms with Crippen LogP contribution in [0, 0.1) is 17.8 Å². The van der Waals surface area contributed by atoms with Crippen molar-refractivity contribution >= 4 is 5.71 Å². The maximum atomic E-state index is 4.74. The van der Waals surface area contributed by atoms with Crippen molar-refractivity contribution in [3.8, 4) is 0 Å². The van der Waals surface area contributed by atoms with Crippen LogP contribution in [0.4, 0.5) is 0 Å². The van der Waals surface area contributed by atoms with Gasteiger partial charge in [-0.05, 0) is 31.6 Å². The Morgan fingerprint density at radius 3 is 2.07 bits per heavy atom. The quantitative estimate of drug-likeness (QED) is 0.582. The van der Waals surface area contributed by atoms with E-state index in [1.165, 1.54) is 17.8 Å². The average molecular weight is 209 g/mol. The van der Waals surface area contributed by atoms with Gasteiger partial charge < -0.3 is 0 Å². The van der Waals surface area contributed by atoms with Gasteiger partial charge >= 0.3 is 0 Å². The highest BCUT2D eigenvalue weighted by atomic mass is 14.8. The molecule has 0 saturated heterocycles. The lowest BCUT2D eigenvalue weighted by atomic mass is 9.90. The molecule has 0 heterocycles. The summed E-state index contributed by atoms with van der Waals surface area (Å²) in [5, 5.41) is 0. The predicted molar refractivity (Wildman–Crippen MR) is 70.3 cm³/mol. The van der Waals surface area contributed by atoms with Crippen LogP contribution in [0.15, 0.2) is 16.8 Å². The molecule has 0 aromatic heterocycles. The van der Waals surface area contributed by atoms with Gasteiger partial charge in [0, 0.05) is 11.4 Å². The van der Waals surface area contributed by atoms with Crippen molar-refractivity contribution < 1.29 is 0 Å². The third-order valence-corrected chi connectivity index (χ3v) is 3.35. The summed E-state index contributed by atoms with van der Waals surface area (Å²) < 4.78 is 0. The van der Waals surface area contributed by atoms with E-state index < -0.39 is 0 Å². The summed E-state index contributed by atoms with van der Waals surface area (Å²) in [6.07, 6.45) is 3.35. The van der Waals surface area contributed by atoms with Gasteiger partial charge in [0.2, 0.25) is 0 Å². The van der Waals surface area contributed by atoms with Gasteiger partial charge in [-0.1, -0.05) is 47.1 Å². The van der Waals surface area contributed by atoms with E-state index in [9.17, 15) is 0 Å². The van der Waals surface area contributed by atoms with Crippen molar-refractivity contribution in [3.63, 3.8) is 0 Å². The van der Waals surface area contributed by atoms with E-state index in [1.54, 1.807) is 0 Å². The Bertz CT molecular complexity index is 236. The second kappa shape index (κ2) is 6.81. The molecule has 88 valence electrons.